The summed E-state index contributed by atoms with van der Waals surface area (Å²) >= 11 is 0. The van der Waals surface area contributed by atoms with Gasteiger partial charge in [-0.1, -0.05) is 0 Å². The fourth-order valence-electron chi connectivity index (χ4n) is 0.931. The normalized spacial score (nSPS) is 12.5. The van der Waals surface area contributed by atoms with Crippen LogP contribution in [0, 0.1) is 0 Å². The zero-order valence-corrected chi connectivity index (χ0v) is 7.82. The van der Waals surface area contributed by atoms with Crippen molar-refractivity contribution in [3.8, 4) is 0 Å². The van der Waals surface area contributed by atoms with E-state index >= 15 is 0 Å². The van der Waals surface area contributed by atoms with Crippen molar-refractivity contribution in [1.29, 1.82) is 0 Å². The molecule has 1 rings (SSSR count). The SMILES string of the molecule is CCn1nccc1NC(=O)[C@H](C)N. The third kappa shape index (κ3) is 2.29. The van der Waals surface area contributed by atoms with E-state index in [1.165, 1.54) is 0 Å². The highest BCUT2D eigenvalue weighted by atomic mass is 16.2. The monoisotopic (exact) mass is 182 g/mol. The molecule has 0 spiro atoms. The zero-order valence-electron chi connectivity index (χ0n) is 7.82. The van der Waals surface area contributed by atoms with Crippen LogP contribution >= 0.6 is 0 Å². The van der Waals surface area contributed by atoms with Crippen molar-refractivity contribution in [2.75, 3.05) is 5.32 Å². The highest BCUT2D eigenvalue weighted by molar-refractivity contribution is 5.93. The number of aryl methyl sites for hydroxylation is 1. The molecule has 0 aromatic carbocycles. The summed E-state index contributed by atoms with van der Waals surface area (Å²) < 4.78 is 1.69. The van der Waals surface area contributed by atoms with Gasteiger partial charge in [-0.3, -0.25) is 4.79 Å². The van der Waals surface area contributed by atoms with Gasteiger partial charge in [0.05, 0.1) is 12.2 Å². The Morgan fingerprint density at radius 1 is 1.85 bits per heavy atom. The predicted octanol–water partition coefficient (Wildman–Crippen LogP) is 0.189. The molecular formula is C8H14N4O. The lowest BCUT2D eigenvalue weighted by Crippen LogP contribution is -2.33. The average molecular weight is 182 g/mol. The first kappa shape index (κ1) is 9.73. The molecule has 0 fully saturated rings. The summed E-state index contributed by atoms with van der Waals surface area (Å²) in [5.74, 6) is 0.486. The van der Waals surface area contributed by atoms with Crippen LogP contribution in [0.15, 0.2) is 12.3 Å². The second kappa shape index (κ2) is 4.04. The van der Waals surface area contributed by atoms with Gasteiger partial charge in [-0.15, -0.1) is 0 Å². The van der Waals surface area contributed by atoms with Crippen LogP contribution < -0.4 is 11.1 Å². The van der Waals surface area contributed by atoms with Crippen LogP contribution in [0.25, 0.3) is 0 Å². The van der Waals surface area contributed by atoms with Gasteiger partial charge in [-0.2, -0.15) is 5.10 Å². The lowest BCUT2D eigenvalue weighted by atomic mass is 10.3. The van der Waals surface area contributed by atoms with E-state index < -0.39 is 6.04 Å². The summed E-state index contributed by atoms with van der Waals surface area (Å²) in [7, 11) is 0. The van der Waals surface area contributed by atoms with E-state index in [-0.39, 0.29) is 5.91 Å². The van der Waals surface area contributed by atoms with Gasteiger partial charge in [0, 0.05) is 12.6 Å². The zero-order chi connectivity index (χ0) is 9.84. The molecule has 0 radical (unpaired) electrons. The summed E-state index contributed by atoms with van der Waals surface area (Å²) in [6.07, 6.45) is 1.64. The molecule has 5 nitrogen and oxygen atoms in total. The van der Waals surface area contributed by atoms with Crippen LogP contribution in [0.4, 0.5) is 5.82 Å². The molecule has 72 valence electrons. The van der Waals surface area contributed by atoms with Gasteiger partial charge in [-0.25, -0.2) is 4.68 Å². The Hall–Kier alpha value is -1.36. The summed E-state index contributed by atoms with van der Waals surface area (Å²) in [6.45, 7) is 4.32. The number of hydrogen-bond acceptors (Lipinski definition) is 3. The molecule has 0 saturated carbocycles. The molecule has 13 heavy (non-hydrogen) atoms. The van der Waals surface area contributed by atoms with Gasteiger partial charge in [0.15, 0.2) is 0 Å². The molecule has 0 bridgehead atoms. The van der Waals surface area contributed by atoms with E-state index in [0.29, 0.717) is 5.82 Å². The topological polar surface area (TPSA) is 72.9 Å². The maximum absolute atomic E-state index is 11.2. The van der Waals surface area contributed by atoms with Crippen LogP contribution in [0.3, 0.4) is 0 Å². The molecule has 5 heteroatoms. The second-order valence-electron chi connectivity index (χ2n) is 2.81. The van der Waals surface area contributed by atoms with Crippen LogP contribution in [0.2, 0.25) is 0 Å². The van der Waals surface area contributed by atoms with Crippen LogP contribution in [-0.2, 0) is 11.3 Å². The third-order valence-electron chi connectivity index (χ3n) is 1.68. The quantitative estimate of drug-likeness (QED) is 0.700. The fraction of sp³-hybridized carbons (Fsp3) is 0.500. The molecule has 0 unspecified atom stereocenters. The minimum absolute atomic E-state index is 0.199. The minimum atomic E-state index is -0.500. The first-order valence-corrected chi connectivity index (χ1v) is 4.23. The van der Waals surface area contributed by atoms with Crippen molar-refractivity contribution in [1.82, 2.24) is 9.78 Å². The molecule has 0 aliphatic rings. The molecule has 1 aromatic rings. The maximum atomic E-state index is 11.2. The third-order valence-corrected chi connectivity index (χ3v) is 1.68. The van der Waals surface area contributed by atoms with E-state index in [2.05, 4.69) is 10.4 Å². The Balaban J connectivity index is 2.68. The molecule has 0 saturated heterocycles. The number of hydrogen-bond donors (Lipinski definition) is 2. The largest absolute Gasteiger partial charge is 0.320 e. The Morgan fingerprint density at radius 3 is 3.08 bits per heavy atom. The molecule has 0 aliphatic carbocycles. The van der Waals surface area contributed by atoms with Crippen LogP contribution in [0.1, 0.15) is 13.8 Å². The average Bonchev–Trinajstić information content (AvgIpc) is 2.51. The van der Waals surface area contributed by atoms with Gasteiger partial charge in [-0.05, 0) is 13.8 Å². The number of anilines is 1. The van der Waals surface area contributed by atoms with E-state index in [9.17, 15) is 4.79 Å². The van der Waals surface area contributed by atoms with Gasteiger partial charge in [0.1, 0.15) is 5.82 Å². The molecular weight excluding hydrogens is 168 g/mol. The highest BCUT2D eigenvalue weighted by Gasteiger charge is 2.09. The number of amides is 1. The van der Waals surface area contributed by atoms with Crippen molar-refractivity contribution < 1.29 is 4.79 Å². The van der Waals surface area contributed by atoms with Crippen molar-refractivity contribution in [2.45, 2.75) is 26.4 Å². The molecule has 1 aromatic heterocycles. The Labute approximate surface area is 76.9 Å². The van der Waals surface area contributed by atoms with Crippen LogP contribution in [-0.4, -0.2) is 21.7 Å². The molecule has 1 heterocycles. The van der Waals surface area contributed by atoms with Crippen molar-refractivity contribution >= 4 is 11.7 Å². The molecule has 3 N–H and O–H groups in total. The second-order valence-corrected chi connectivity index (χ2v) is 2.81. The van der Waals surface area contributed by atoms with Gasteiger partial charge < -0.3 is 11.1 Å². The summed E-state index contributed by atoms with van der Waals surface area (Å²) in [5.41, 5.74) is 5.40. The lowest BCUT2D eigenvalue weighted by molar-refractivity contribution is -0.117. The number of carbonyl (C=O) groups is 1. The van der Waals surface area contributed by atoms with Crippen molar-refractivity contribution in [3.05, 3.63) is 12.3 Å². The molecule has 1 atom stereocenters. The Morgan fingerprint density at radius 2 is 2.54 bits per heavy atom. The summed E-state index contributed by atoms with van der Waals surface area (Å²) in [4.78, 5) is 11.2. The highest BCUT2D eigenvalue weighted by Crippen LogP contribution is 2.05. The van der Waals surface area contributed by atoms with Crippen molar-refractivity contribution in [3.63, 3.8) is 0 Å². The van der Waals surface area contributed by atoms with Crippen molar-refractivity contribution in [2.24, 2.45) is 5.73 Å². The lowest BCUT2D eigenvalue weighted by Gasteiger charge is -2.08. The van der Waals surface area contributed by atoms with E-state index in [4.69, 9.17) is 5.73 Å². The van der Waals surface area contributed by atoms with E-state index in [0.717, 1.165) is 6.54 Å². The Bertz CT molecular complexity index is 292. The number of aromatic nitrogens is 2. The van der Waals surface area contributed by atoms with E-state index in [1.807, 2.05) is 6.92 Å². The minimum Gasteiger partial charge on any atom is -0.320 e. The first-order chi connectivity index (χ1) is 6.15. The maximum Gasteiger partial charge on any atom is 0.242 e. The fourth-order valence-corrected chi connectivity index (χ4v) is 0.931. The smallest absolute Gasteiger partial charge is 0.242 e. The number of nitrogens with zero attached hydrogens (tertiary/aromatic N) is 2. The van der Waals surface area contributed by atoms with E-state index in [1.54, 1.807) is 23.9 Å². The predicted molar refractivity (Wildman–Crippen MR) is 50.2 cm³/mol. The molecule has 0 aliphatic heterocycles. The van der Waals surface area contributed by atoms with Gasteiger partial charge in [0.2, 0.25) is 5.91 Å². The van der Waals surface area contributed by atoms with Gasteiger partial charge in [0.25, 0.3) is 0 Å². The number of carbonyl (C=O) groups excluding carboxylic acids is 1. The van der Waals surface area contributed by atoms with Gasteiger partial charge >= 0.3 is 0 Å². The standard InChI is InChI=1S/C8H14N4O/c1-3-12-7(4-5-10-12)11-8(13)6(2)9/h4-6H,3,9H2,1-2H3,(H,11,13)/t6-/m0/s1. The number of nitrogens with two attached hydrogens (primary N) is 1. The molecule has 1 amide bonds. The number of nitrogens with one attached hydrogen (secondary N) is 1. The Kier molecular flexibility index (Phi) is 3.02. The number of rotatable bonds is 3. The van der Waals surface area contributed by atoms with Crippen LogP contribution in [0.5, 0.6) is 0 Å². The summed E-state index contributed by atoms with van der Waals surface area (Å²) in [6, 6.07) is 1.24. The first-order valence-electron chi connectivity index (χ1n) is 4.23. The summed E-state index contributed by atoms with van der Waals surface area (Å²) in [5, 5.41) is 6.69.